The number of nitrogens with one attached hydrogen (secondary N) is 1. The Labute approximate surface area is 133 Å². The first-order chi connectivity index (χ1) is 11.3. The average Bonchev–Trinajstić information content (AvgIpc) is 3.22. The molecule has 3 aromatic rings. The molecular formula is C18H17N3O2. The van der Waals surface area contributed by atoms with Gasteiger partial charge in [-0.3, -0.25) is 4.79 Å². The number of hydrogen-bond donors (Lipinski definition) is 1. The Hall–Kier alpha value is -2.82. The molecule has 1 aliphatic carbocycles. The normalized spacial score (nSPS) is 20.0. The van der Waals surface area contributed by atoms with E-state index in [4.69, 9.17) is 4.52 Å². The van der Waals surface area contributed by atoms with Crippen molar-refractivity contribution >= 4 is 5.91 Å². The molecule has 5 heteroatoms. The molecule has 1 saturated carbocycles. The van der Waals surface area contributed by atoms with Crippen LogP contribution in [-0.4, -0.2) is 21.7 Å². The second-order valence-electron chi connectivity index (χ2n) is 5.87. The second-order valence-corrected chi connectivity index (χ2v) is 5.87. The van der Waals surface area contributed by atoms with Gasteiger partial charge in [0.1, 0.15) is 0 Å². The molecule has 1 fully saturated rings. The maximum absolute atomic E-state index is 12.2. The molecule has 2 heterocycles. The first-order valence-electron chi connectivity index (χ1n) is 7.75. The van der Waals surface area contributed by atoms with Gasteiger partial charge in [-0.1, -0.05) is 35.5 Å². The fraction of sp³-hybridized carbons (Fsp3) is 0.222. The number of aromatic nitrogens is 2. The maximum atomic E-state index is 12.2. The Kier molecular flexibility index (Phi) is 3.46. The van der Waals surface area contributed by atoms with Crippen LogP contribution in [0.1, 0.15) is 29.4 Å². The van der Waals surface area contributed by atoms with Crippen molar-refractivity contribution in [1.29, 1.82) is 0 Å². The highest BCUT2D eigenvalue weighted by Crippen LogP contribution is 2.32. The van der Waals surface area contributed by atoms with E-state index in [0.717, 1.165) is 18.4 Å². The van der Waals surface area contributed by atoms with Gasteiger partial charge in [0.2, 0.25) is 0 Å². The van der Waals surface area contributed by atoms with Gasteiger partial charge >= 0.3 is 0 Å². The minimum Gasteiger partial charge on any atom is -0.355 e. The lowest BCUT2D eigenvalue weighted by Gasteiger charge is -2.36. The van der Waals surface area contributed by atoms with E-state index >= 15 is 0 Å². The van der Waals surface area contributed by atoms with Crippen molar-refractivity contribution in [1.82, 2.24) is 15.0 Å². The topological polar surface area (TPSA) is 60.1 Å². The van der Waals surface area contributed by atoms with Crippen molar-refractivity contribution in [3.8, 4) is 11.3 Å². The third-order valence-electron chi connectivity index (χ3n) is 4.30. The Bertz CT molecular complexity index is 787. The van der Waals surface area contributed by atoms with Crippen molar-refractivity contribution in [2.75, 3.05) is 0 Å². The first-order valence-corrected chi connectivity index (χ1v) is 7.75. The van der Waals surface area contributed by atoms with Gasteiger partial charge < -0.3 is 14.4 Å². The molecule has 0 unspecified atom stereocenters. The van der Waals surface area contributed by atoms with E-state index in [1.807, 2.05) is 42.5 Å². The summed E-state index contributed by atoms with van der Waals surface area (Å²) in [5.41, 5.74) is 1.24. The predicted molar refractivity (Wildman–Crippen MR) is 85.9 cm³/mol. The molecule has 2 aromatic heterocycles. The quantitative estimate of drug-likeness (QED) is 0.804. The van der Waals surface area contributed by atoms with Crippen LogP contribution >= 0.6 is 0 Å². The monoisotopic (exact) mass is 307 g/mol. The molecule has 4 rings (SSSR count). The Balaban J connectivity index is 1.36. The lowest BCUT2D eigenvalue weighted by atomic mass is 9.86. The zero-order chi connectivity index (χ0) is 15.6. The van der Waals surface area contributed by atoms with Crippen LogP contribution in [0.5, 0.6) is 0 Å². The van der Waals surface area contributed by atoms with Crippen molar-refractivity contribution in [3.63, 3.8) is 0 Å². The van der Waals surface area contributed by atoms with Gasteiger partial charge in [-0.2, -0.15) is 0 Å². The van der Waals surface area contributed by atoms with E-state index in [1.165, 1.54) is 0 Å². The molecule has 1 aromatic carbocycles. The molecule has 0 atom stereocenters. The van der Waals surface area contributed by atoms with Gasteiger partial charge in [0, 0.05) is 36.1 Å². The van der Waals surface area contributed by atoms with Gasteiger partial charge in [0.25, 0.3) is 5.91 Å². The fourth-order valence-corrected chi connectivity index (χ4v) is 2.92. The second kappa shape index (κ2) is 5.76. The van der Waals surface area contributed by atoms with E-state index in [0.29, 0.717) is 17.5 Å². The van der Waals surface area contributed by atoms with Crippen LogP contribution in [0.25, 0.3) is 11.3 Å². The van der Waals surface area contributed by atoms with Crippen molar-refractivity contribution in [2.45, 2.75) is 24.9 Å². The zero-order valence-corrected chi connectivity index (χ0v) is 12.6. The van der Waals surface area contributed by atoms with Gasteiger partial charge in [-0.15, -0.1) is 0 Å². The van der Waals surface area contributed by atoms with Gasteiger partial charge in [0.15, 0.2) is 11.5 Å². The molecule has 116 valence electrons. The lowest BCUT2D eigenvalue weighted by molar-refractivity contribution is 0.0884. The fourth-order valence-electron chi connectivity index (χ4n) is 2.92. The molecule has 0 radical (unpaired) electrons. The Morgan fingerprint density at radius 1 is 1.13 bits per heavy atom. The van der Waals surface area contributed by atoms with Crippen LogP contribution in [0.2, 0.25) is 0 Å². The third kappa shape index (κ3) is 2.77. The molecule has 0 aliphatic heterocycles. The zero-order valence-electron chi connectivity index (χ0n) is 12.6. The number of nitrogens with zero attached hydrogens (tertiary/aromatic N) is 2. The maximum Gasteiger partial charge on any atom is 0.273 e. The minimum atomic E-state index is -0.174. The van der Waals surface area contributed by atoms with Crippen LogP contribution < -0.4 is 5.32 Å². The average molecular weight is 307 g/mol. The molecule has 1 N–H and O–H groups in total. The summed E-state index contributed by atoms with van der Waals surface area (Å²) in [6, 6.07) is 16.0. The van der Waals surface area contributed by atoms with Crippen LogP contribution in [0.4, 0.5) is 0 Å². The van der Waals surface area contributed by atoms with Crippen LogP contribution in [0, 0.1) is 0 Å². The number of carbonyl (C=O) groups excluding carboxylic acids is 1. The third-order valence-corrected chi connectivity index (χ3v) is 4.30. The van der Waals surface area contributed by atoms with E-state index in [2.05, 4.69) is 27.4 Å². The summed E-state index contributed by atoms with van der Waals surface area (Å²) in [5.74, 6) is 0.432. The number of rotatable bonds is 4. The number of carbonyl (C=O) groups is 1. The first kappa shape index (κ1) is 13.8. The Morgan fingerprint density at radius 3 is 2.61 bits per heavy atom. The predicted octanol–water partition coefficient (Wildman–Crippen LogP) is 3.28. The molecule has 23 heavy (non-hydrogen) atoms. The van der Waals surface area contributed by atoms with Gasteiger partial charge in [0.05, 0.1) is 0 Å². The molecule has 0 saturated heterocycles. The van der Waals surface area contributed by atoms with Crippen molar-refractivity contribution in [2.24, 2.45) is 0 Å². The van der Waals surface area contributed by atoms with Crippen LogP contribution in [0.15, 0.2) is 65.4 Å². The summed E-state index contributed by atoms with van der Waals surface area (Å²) < 4.78 is 7.46. The summed E-state index contributed by atoms with van der Waals surface area (Å²) in [7, 11) is 0. The molecule has 1 amide bonds. The molecule has 0 bridgehead atoms. The number of benzene rings is 1. The van der Waals surface area contributed by atoms with Crippen LogP contribution in [0.3, 0.4) is 0 Å². The van der Waals surface area contributed by atoms with E-state index in [1.54, 1.807) is 6.07 Å². The smallest absolute Gasteiger partial charge is 0.273 e. The van der Waals surface area contributed by atoms with Crippen LogP contribution in [-0.2, 0) is 0 Å². The van der Waals surface area contributed by atoms with Crippen molar-refractivity contribution in [3.05, 3.63) is 66.6 Å². The number of amides is 1. The molecular weight excluding hydrogens is 290 g/mol. The minimum absolute atomic E-state index is 0.174. The van der Waals surface area contributed by atoms with Gasteiger partial charge in [-0.25, -0.2) is 0 Å². The SMILES string of the molecule is O=C(NC1CC(n2cccc2)C1)c1cc(-c2ccccc2)on1. The highest BCUT2D eigenvalue weighted by molar-refractivity contribution is 5.93. The molecule has 5 nitrogen and oxygen atoms in total. The standard InChI is InChI=1S/C18H17N3O2/c22-18(19-14-10-15(11-14)21-8-4-5-9-21)16-12-17(23-20-16)13-6-2-1-3-7-13/h1-9,12,14-15H,10-11H2,(H,19,22). The molecule has 0 spiro atoms. The van der Waals surface area contributed by atoms with Gasteiger partial charge in [-0.05, 0) is 25.0 Å². The largest absolute Gasteiger partial charge is 0.355 e. The summed E-state index contributed by atoms with van der Waals surface area (Å²) in [6.07, 6.45) is 6.02. The summed E-state index contributed by atoms with van der Waals surface area (Å²) in [5, 5.41) is 6.90. The highest BCUT2D eigenvalue weighted by atomic mass is 16.5. The molecule has 1 aliphatic rings. The van der Waals surface area contributed by atoms with E-state index < -0.39 is 0 Å². The Morgan fingerprint density at radius 2 is 1.87 bits per heavy atom. The van der Waals surface area contributed by atoms with E-state index in [9.17, 15) is 4.79 Å². The summed E-state index contributed by atoms with van der Waals surface area (Å²) >= 11 is 0. The highest BCUT2D eigenvalue weighted by Gasteiger charge is 2.31. The lowest BCUT2D eigenvalue weighted by Crippen LogP contribution is -2.44. The van der Waals surface area contributed by atoms with Crippen molar-refractivity contribution < 1.29 is 9.32 Å². The number of hydrogen-bond acceptors (Lipinski definition) is 3. The van der Waals surface area contributed by atoms with E-state index in [-0.39, 0.29) is 11.9 Å². The summed E-state index contributed by atoms with van der Waals surface area (Å²) in [6.45, 7) is 0. The summed E-state index contributed by atoms with van der Waals surface area (Å²) in [4.78, 5) is 12.2.